The fourth-order valence-electron chi connectivity index (χ4n) is 1.35. The summed E-state index contributed by atoms with van der Waals surface area (Å²) in [4.78, 5) is 26.5. The minimum Gasteiger partial charge on any atom is -0.355 e. The third-order valence-electron chi connectivity index (χ3n) is 2.11. The van der Waals surface area contributed by atoms with E-state index in [4.69, 9.17) is 0 Å². The molecule has 0 radical (unpaired) electrons. The zero-order chi connectivity index (χ0) is 10.8. The Morgan fingerprint density at radius 1 is 1.67 bits per heavy atom. The summed E-state index contributed by atoms with van der Waals surface area (Å²) < 4.78 is 3.94. The third-order valence-corrected chi connectivity index (χ3v) is 2.83. The van der Waals surface area contributed by atoms with Gasteiger partial charge in [0.15, 0.2) is 0 Å². The Bertz CT molecular complexity index is 403. The van der Waals surface area contributed by atoms with Crippen LogP contribution < -0.4 is 10.6 Å². The lowest BCUT2D eigenvalue weighted by Gasteiger charge is -2.05. The lowest BCUT2D eigenvalue weighted by Crippen LogP contribution is -2.24. The molecule has 0 bridgehead atoms. The van der Waals surface area contributed by atoms with Gasteiger partial charge < -0.3 is 10.6 Å². The quantitative estimate of drug-likeness (QED) is 0.738. The summed E-state index contributed by atoms with van der Waals surface area (Å²) in [6, 6.07) is 0. The first-order chi connectivity index (χ1) is 7.15. The number of nitrogens with zero attached hydrogens (tertiary/aromatic N) is 2. The molecule has 2 N–H and O–H groups in total. The molecule has 1 aromatic rings. The van der Waals surface area contributed by atoms with Gasteiger partial charge in [-0.3, -0.25) is 9.59 Å². The lowest BCUT2D eigenvalue weighted by atomic mass is 10.1. The number of anilines is 1. The predicted octanol–water partition coefficient (Wildman–Crippen LogP) is -0.0789. The van der Waals surface area contributed by atoms with Crippen LogP contribution in [0.15, 0.2) is 0 Å². The first-order valence-electron chi connectivity index (χ1n) is 4.53. The summed E-state index contributed by atoms with van der Waals surface area (Å²) in [5.41, 5.74) is 0. The summed E-state index contributed by atoms with van der Waals surface area (Å²) in [5.74, 6) is 0.0886. The van der Waals surface area contributed by atoms with E-state index in [1.165, 1.54) is 0 Å². The largest absolute Gasteiger partial charge is 0.355 e. The van der Waals surface area contributed by atoms with Crippen molar-refractivity contribution in [3.8, 4) is 0 Å². The number of aromatic nitrogens is 2. The van der Waals surface area contributed by atoms with Gasteiger partial charge in [-0.25, -0.2) is 4.98 Å². The molecule has 0 spiro atoms. The maximum atomic E-state index is 11.6. The normalized spacial score (nSPS) is 20.1. The van der Waals surface area contributed by atoms with E-state index in [1.807, 2.05) is 0 Å². The van der Waals surface area contributed by atoms with Crippen molar-refractivity contribution in [1.29, 1.82) is 0 Å². The molecule has 15 heavy (non-hydrogen) atoms. The highest BCUT2D eigenvalue weighted by molar-refractivity contribution is 7.09. The zero-order valence-electron chi connectivity index (χ0n) is 8.11. The van der Waals surface area contributed by atoms with E-state index >= 15 is 0 Å². The lowest BCUT2D eigenvalue weighted by molar-refractivity contribution is -0.123. The summed E-state index contributed by atoms with van der Waals surface area (Å²) in [7, 11) is 0. The SMILES string of the molecule is Cc1nsc(NC(=O)C2CNC(=O)C2)n1. The molecule has 1 saturated heterocycles. The van der Waals surface area contributed by atoms with Crippen LogP contribution in [0.3, 0.4) is 0 Å². The highest BCUT2D eigenvalue weighted by Gasteiger charge is 2.28. The Morgan fingerprint density at radius 3 is 3.00 bits per heavy atom. The maximum Gasteiger partial charge on any atom is 0.231 e. The standard InChI is InChI=1S/C8H10N4O2S/c1-4-10-8(15-12-4)11-7(14)5-2-6(13)9-3-5/h5H,2-3H2,1H3,(H,9,13)(H,10,11,12,14). The van der Waals surface area contributed by atoms with Crippen molar-refractivity contribution in [1.82, 2.24) is 14.7 Å². The fraction of sp³-hybridized carbons (Fsp3) is 0.500. The zero-order valence-corrected chi connectivity index (χ0v) is 8.93. The van der Waals surface area contributed by atoms with Crippen molar-refractivity contribution >= 4 is 28.5 Å². The van der Waals surface area contributed by atoms with Crippen LogP contribution in [0.25, 0.3) is 0 Å². The second-order valence-electron chi connectivity index (χ2n) is 3.34. The Morgan fingerprint density at radius 2 is 2.47 bits per heavy atom. The van der Waals surface area contributed by atoms with Crippen molar-refractivity contribution < 1.29 is 9.59 Å². The molecule has 1 unspecified atom stereocenters. The van der Waals surface area contributed by atoms with E-state index in [2.05, 4.69) is 20.0 Å². The van der Waals surface area contributed by atoms with Gasteiger partial charge in [0, 0.05) is 24.5 Å². The van der Waals surface area contributed by atoms with Gasteiger partial charge in [-0.05, 0) is 6.92 Å². The van der Waals surface area contributed by atoms with Crippen LogP contribution in [-0.2, 0) is 9.59 Å². The molecule has 0 aliphatic carbocycles. The first-order valence-corrected chi connectivity index (χ1v) is 5.30. The molecule has 7 heteroatoms. The first kappa shape index (κ1) is 10.0. The molecule has 2 amide bonds. The second kappa shape index (κ2) is 3.93. The molecule has 1 fully saturated rings. The van der Waals surface area contributed by atoms with Crippen molar-refractivity contribution in [2.24, 2.45) is 5.92 Å². The second-order valence-corrected chi connectivity index (χ2v) is 4.09. The molecule has 1 aliphatic rings. The third kappa shape index (κ3) is 2.30. The topological polar surface area (TPSA) is 84.0 Å². The average Bonchev–Trinajstić information content (AvgIpc) is 2.75. The average molecular weight is 226 g/mol. The predicted molar refractivity (Wildman–Crippen MR) is 54.4 cm³/mol. The molecule has 2 heterocycles. The van der Waals surface area contributed by atoms with Gasteiger partial charge in [0.2, 0.25) is 16.9 Å². The van der Waals surface area contributed by atoms with Gasteiger partial charge >= 0.3 is 0 Å². The summed E-state index contributed by atoms with van der Waals surface area (Å²) in [5, 5.41) is 5.73. The summed E-state index contributed by atoms with van der Waals surface area (Å²) in [6.45, 7) is 2.16. The molecule has 1 aromatic heterocycles. The Balaban J connectivity index is 1.95. The van der Waals surface area contributed by atoms with Crippen LogP contribution in [0.1, 0.15) is 12.2 Å². The van der Waals surface area contributed by atoms with Crippen LogP contribution in [-0.4, -0.2) is 27.7 Å². The van der Waals surface area contributed by atoms with Gasteiger partial charge in [0.25, 0.3) is 0 Å². The number of carbonyl (C=O) groups excluding carboxylic acids is 2. The van der Waals surface area contributed by atoms with Crippen molar-refractivity contribution in [3.05, 3.63) is 5.82 Å². The van der Waals surface area contributed by atoms with E-state index < -0.39 is 0 Å². The fourth-order valence-corrected chi connectivity index (χ4v) is 1.92. The number of amides is 2. The van der Waals surface area contributed by atoms with Crippen molar-refractivity contribution in [2.75, 3.05) is 11.9 Å². The number of hydrogen-bond acceptors (Lipinski definition) is 5. The minimum absolute atomic E-state index is 0.0800. The highest BCUT2D eigenvalue weighted by atomic mass is 32.1. The molecule has 2 rings (SSSR count). The summed E-state index contributed by atoms with van der Waals surface area (Å²) in [6.07, 6.45) is 0.254. The van der Waals surface area contributed by atoms with Crippen LogP contribution in [0.4, 0.5) is 5.13 Å². The van der Waals surface area contributed by atoms with E-state index in [0.29, 0.717) is 17.5 Å². The van der Waals surface area contributed by atoms with Crippen molar-refractivity contribution in [3.63, 3.8) is 0 Å². The highest BCUT2D eigenvalue weighted by Crippen LogP contribution is 2.15. The van der Waals surface area contributed by atoms with Crippen LogP contribution in [0.2, 0.25) is 0 Å². The van der Waals surface area contributed by atoms with Gasteiger partial charge in [0.1, 0.15) is 5.82 Å². The molecule has 1 aliphatic heterocycles. The smallest absolute Gasteiger partial charge is 0.231 e. The van der Waals surface area contributed by atoms with E-state index in [9.17, 15) is 9.59 Å². The summed E-state index contributed by atoms with van der Waals surface area (Å²) >= 11 is 1.14. The molecule has 1 atom stereocenters. The monoisotopic (exact) mass is 226 g/mol. The van der Waals surface area contributed by atoms with Gasteiger partial charge in [-0.15, -0.1) is 0 Å². The van der Waals surface area contributed by atoms with Gasteiger partial charge in [-0.2, -0.15) is 4.37 Å². The van der Waals surface area contributed by atoms with Gasteiger partial charge in [-0.1, -0.05) is 0 Å². The maximum absolute atomic E-state index is 11.6. The Labute approximate surface area is 90.3 Å². The van der Waals surface area contributed by atoms with Crippen LogP contribution >= 0.6 is 11.5 Å². The number of hydrogen-bond donors (Lipinski definition) is 2. The number of nitrogens with one attached hydrogen (secondary N) is 2. The molecular weight excluding hydrogens is 216 g/mol. The molecule has 0 saturated carbocycles. The number of aryl methyl sites for hydroxylation is 1. The minimum atomic E-state index is -0.290. The number of rotatable bonds is 2. The Kier molecular flexibility index (Phi) is 2.63. The number of carbonyl (C=O) groups is 2. The van der Waals surface area contributed by atoms with E-state index in [1.54, 1.807) is 6.92 Å². The molecule has 0 aromatic carbocycles. The van der Waals surface area contributed by atoms with Gasteiger partial charge in [0.05, 0.1) is 5.92 Å². The van der Waals surface area contributed by atoms with Crippen LogP contribution in [0.5, 0.6) is 0 Å². The molecular formula is C8H10N4O2S. The Hall–Kier alpha value is -1.50. The van der Waals surface area contributed by atoms with E-state index in [-0.39, 0.29) is 24.2 Å². The molecule has 80 valence electrons. The van der Waals surface area contributed by atoms with E-state index in [0.717, 1.165) is 11.5 Å². The van der Waals surface area contributed by atoms with Crippen molar-refractivity contribution in [2.45, 2.75) is 13.3 Å². The molecule has 6 nitrogen and oxygen atoms in total. The van der Waals surface area contributed by atoms with Crippen LogP contribution in [0, 0.1) is 12.8 Å².